The number of hydrogen-bond acceptors (Lipinski definition) is 5. The molecule has 1 saturated carbocycles. The van der Waals surface area contributed by atoms with Gasteiger partial charge in [-0.05, 0) is 37.7 Å². The van der Waals surface area contributed by atoms with Crippen molar-refractivity contribution >= 4 is 11.8 Å². The average Bonchev–Trinajstić information content (AvgIpc) is 3.55. The van der Waals surface area contributed by atoms with Crippen molar-refractivity contribution in [1.29, 1.82) is 0 Å². The van der Waals surface area contributed by atoms with E-state index in [1.54, 1.807) is 17.0 Å². The van der Waals surface area contributed by atoms with Gasteiger partial charge in [-0.3, -0.25) is 9.36 Å². The molecule has 0 radical (unpaired) electrons. The first-order chi connectivity index (χ1) is 16.5. The van der Waals surface area contributed by atoms with Gasteiger partial charge < -0.3 is 20.2 Å². The van der Waals surface area contributed by atoms with Crippen LogP contribution in [0.4, 0.5) is 10.6 Å². The van der Waals surface area contributed by atoms with Gasteiger partial charge in [-0.25, -0.2) is 9.78 Å². The fourth-order valence-electron chi connectivity index (χ4n) is 6.09. The van der Waals surface area contributed by atoms with Crippen molar-refractivity contribution in [2.24, 2.45) is 5.41 Å². The maximum Gasteiger partial charge on any atom is 0.317 e. The Hall–Kier alpha value is -2.87. The number of carbonyl (C=O) groups excluding carboxylic acids is 1. The van der Waals surface area contributed by atoms with Gasteiger partial charge in [0.05, 0.1) is 18.5 Å². The number of aromatic nitrogens is 2. The smallest absolute Gasteiger partial charge is 0.317 e. The Labute approximate surface area is 200 Å². The Morgan fingerprint density at radius 1 is 1.03 bits per heavy atom. The predicted octanol–water partition coefficient (Wildman–Crippen LogP) is 2.75. The van der Waals surface area contributed by atoms with Gasteiger partial charge in [0, 0.05) is 44.2 Å². The predicted molar refractivity (Wildman–Crippen MR) is 131 cm³/mol. The summed E-state index contributed by atoms with van der Waals surface area (Å²) in [7, 11) is 0. The molecule has 1 unspecified atom stereocenters. The topological polar surface area (TPSA) is 90.7 Å². The highest BCUT2D eigenvalue weighted by Gasteiger charge is 2.55. The van der Waals surface area contributed by atoms with Gasteiger partial charge in [0.1, 0.15) is 5.82 Å². The number of piperidine rings is 1. The number of nitrogens with zero attached hydrogens (tertiary/aromatic N) is 4. The molecule has 2 N–H and O–H groups in total. The van der Waals surface area contributed by atoms with E-state index in [2.05, 4.69) is 15.2 Å². The Kier molecular flexibility index (Phi) is 6.34. The van der Waals surface area contributed by atoms with Gasteiger partial charge >= 0.3 is 6.03 Å². The fraction of sp³-hybridized carbons (Fsp3) is 0.577. The molecule has 8 nitrogen and oxygen atoms in total. The molecule has 1 aromatic heterocycles. The molecule has 5 rings (SSSR count). The first-order valence-corrected chi connectivity index (χ1v) is 12.6. The normalized spacial score (nSPS) is 24.0. The van der Waals surface area contributed by atoms with Crippen LogP contribution in [0.25, 0.3) is 0 Å². The second kappa shape index (κ2) is 9.41. The number of anilines is 1. The maximum absolute atomic E-state index is 13.0. The molecule has 0 bridgehead atoms. The zero-order chi connectivity index (χ0) is 23.6. The minimum absolute atomic E-state index is 0.0917. The van der Waals surface area contributed by atoms with Crippen molar-refractivity contribution < 1.29 is 9.90 Å². The largest absolute Gasteiger partial charge is 0.387 e. The molecule has 1 aliphatic carbocycles. The average molecular weight is 466 g/mol. The maximum atomic E-state index is 13.0. The highest BCUT2D eigenvalue weighted by Crippen LogP contribution is 2.51. The summed E-state index contributed by atoms with van der Waals surface area (Å²) in [6, 6.07) is 11.4. The van der Waals surface area contributed by atoms with Crippen LogP contribution in [0.1, 0.15) is 50.5 Å². The third kappa shape index (κ3) is 4.43. The molecule has 1 atom stereocenters. The van der Waals surface area contributed by atoms with Gasteiger partial charge in [-0.2, -0.15) is 0 Å². The Bertz CT molecular complexity index is 1060. The molecule has 2 aromatic rings. The molecule has 2 amide bonds. The summed E-state index contributed by atoms with van der Waals surface area (Å²) >= 11 is 0. The second-order valence-electron chi connectivity index (χ2n) is 10.2. The van der Waals surface area contributed by atoms with Gasteiger partial charge in [0.25, 0.3) is 5.56 Å². The lowest BCUT2D eigenvalue weighted by atomic mass is 9.66. The lowest BCUT2D eigenvalue weighted by Crippen LogP contribution is -2.63. The van der Waals surface area contributed by atoms with Crippen molar-refractivity contribution in [1.82, 2.24) is 19.8 Å². The molecule has 34 heavy (non-hydrogen) atoms. The SMILES string of the molecule is O=C(NCc1ccccc1)N1CCC(O)(Cn2cnc(N3CCCC3)cc2=O)C2(CCCC2)C1. The van der Waals surface area contributed by atoms with Crippen LogP contribution in [0, 0.1) is 5.41 Å². The summed E-state index contributed by atoms with van der Waals surface area (Å²) in [6.45, 7) is 3.55. The van der Waals surface area contributed by atoms with E-state index in [1.165, 1.54) is 0 Å². The number of likely N-dealkylation sites (tertiary alicyclic amines) is 1. The summed E-state index contributed by atoms with van der Waals surface area (Å²) in [4.78, 5) is 34.4. The fourth-order valence-corrected chi connectivity index (χ4v) is 6.09. The lowest BCUT2D eigenvalue weighted by Gasteiger charge is -2.52. The highest BCUT2D eigenvalue weighted by atomic mass is 16.3. The van der Waals surface area contributed by atoms with Gasteiger partial charge in [0.15, 0.2) is 0 Å². The van der Waals surface area contributed by atoms with Crippen molar-refractivity contribution in [3.8, 4) is 0 Å². The van der Waals surface area contributed by atoms with Crippen LogP contribution in [-0.2, 0) is 13.1 Å². The van der Waals surface area contributed by atoms with E-state index in [1.807, 2.05) is 35.2 Å². The zero-order valence-electron chi connectivity index (χ0n) is 19.8. The van der Waals surface area contributed by atoms with Gasteiger partial charge in [-0.1, -0.05) is 43.2 Å². The molecule has 1 aromatic carbocycles. The summed E-state index contributed by atoms with van der Waals surface area (Å²) in [6.07, 6.45) is 8.08. The summed E-state index contributed by atoms with van der Waals surface area (Å²) in [5, 5.41) is 15.0. The van der Waals surface area contributed by atoms with Crippen molar-refractivity contribution in [2.75, 3.05) is 31.1 Å². The third-order valence-electron chi connectivity index (χ3n) is 8.14. The summed E-state index contributed by atoms with van der Waals surface area (Å²) < 4.78 is 1.56. The molecule has 2 saturated heterocycles. The first kappa shape index (κ1) is 22.9. The van der Waals surface area contributed by atoms with Gasteiger partial charge in [0.2, 0.25) is 0 Å². The summed E-state index contributed by atoms with van der Waals surface area (Å²) in [5.41, 5.74) is -0.506. The molecule has 182 valence electrons. The van der Waals surface area contributed by atoms with Crippen LogP contribution in [0.3, 0.4) is 0 Å². The quantitative estimate of drug-likeness (QED) is 0.709. The molecule has 3 heterocycles. The van der Waals surface area contributed by atoms with Gasteiger partial charge in [-0.15, -0.1) is 0 Å². The van der Waals surface area contributed by atoms with E-state index >= 15 is 0 Å². The Morgan fingerprint density at radius 2 is 1.76 bits per heavy atom. The Morgan fingerprint density at radius 3 is 2.47 bits per heavy atom. The second-order valence-corrected chi connectivity index (χ2v) is 10.2. The van der Waals surface area contributed by atoms with E-state index in [9.17, 15) is 14.7 Å². The van der Waals surface area contributed by atoms with E-state index in [4.69, 9.17) is 0 Å². The number of rotatable bonds is 5. The number of nitrogens with one attached hydrogen (secondary N) is 1. The van der Waals surface area contributed by atoms with E-state index in [-0.39, 0.29) is 18.1 Å². The number of hydrogen-bond donors (Lipinski definition) is 2. The van der Waals surface area contributed by atoms with Crippen LogP contribution in [0.5, 0.6) is 0 Å². The van der Waals surface area contributed by atoms with Crippen LogP contribution in [0.2, 0.25) is 0 Å². The number of urea groups is 1. The third-order valence-corrected chi connectivity index (χ3v) is 8.14. The lowest BCUT2D eigenvalue weighted by molar-refractivity contribution is -0.135. The number of benzene rings is 1. The Balaban J connectivity index is 1.29. The molecule has 8 heteroatoms. The van der Waals surface area contributed by atoms with Crippen molar-refractivity contribution in [3.63, 3.8) is 0 Å². The van der Waals surface area contributed by atoms with Crippen LogP contribution >= 0.6 is 0 Å². The molecule has 2 aliphatic heterocycles. The van der Waals surface area contributed by atoms with Crippen molar-refractivity contribution in [2.45, 2.75) is 63.6 Å². The molecular formula is C26H35N5O3. The zero-order valence-corrected chi connectivity index (χ0v) is 19.8. The number of aliphatic hydroxyl groups is 1. The standard InChI is InChI=1S/C26H35N5O3/c32-23-16-22(29-13-6-7-14-29)28-20-31(23)19-26(34)12-15-30(18-25(26)10-4-5-11-25)24(33)27-17-21-8-2-1-3-9-21/h1-3,8-9,16,20,34H,4-7,10-15,17-19H2,(H,27,33). The van der Waals surface area contributed by atoms with Crippen LogP contribution in [0.15, 0.2) is 47.5 Å². The first-order valence-electron chi connectivity index (χ1n) is 12.6. The molecule has 1 spiro atoms. The van der Waals surface area contributed by atoms with E-state index < -0.39 is 11.0 Å². The number of amides is 2. The van der Waals surface area contributed by atoms with E-state index in [0.717, 1.165) is 63.0 Å². The molecular weight excluding hydrogens is 430 g/mol. The minimum Gasteiger partial charge on any atom is -0.387 e. The monoisotopic (exact) mass is 465 g/mol. The van der Waals surface area contributed by atoms with Crippen LogP contribution < -0.4 is 15.8 Å². The summed E-state index contributed by atoms with van der Waals surface area (Å²) in [5.74, 6) is 0.728. The number of carbonyl (C=O) groups is 1. The minimum atomic E-state index is -1.04. The van der Waals surface area contributed by atoms with Crippen molar-refractivity contribution in [3.05, 3.63) is 58.6 Å². The van der Waals surface area contributed by atoms with Crippen LogP contribution in [-0.4, -0.2) is 57.4 Å². The highest BCUT2D eigenvalue weighted by molar-refractivity contribution is 5.74. The van der Waals surface area contributed by atoms with E-state index in [0.29, 0.717) is 26.1 Å². The molecule has 3 fully saturated rings. The molecule has 3 aliphatic rings.